The van der Waals surface area contributed by atoms with Crippen molar-refractivity contribution in [3.63, 3.8) is 0 Å². The molecule has 0 fully saturated rings. The van der Waals surface area contributed by atoms with Gasteiger partial charge in [0.2, 0.25) is 0 Å². The molecule has 0 atom stereocenters. The normalized spacial score (nSPS) is 12.6. The van der Waals surface area contributed by atoms with Crippen molar-refractivity contribution in [3.05, 3.63) is 45.6 Å². The third kappa shape index (κ3) is 2.89. The van der Waals surface area contributed by atoms with Gasteiger partial charge in [0.1, 0.15) is 5.01 Å². The molecule has 1 aliphatic rings. The van der Waals surface area contributed by atoms with E-state index in [0.717, 1.165) is 49.3 Å². The summed E-state index contributed by atoms with van der Waals surface area (Å²) in [7, 11) is 3.16. The zero-order chi connectivity index (χ0) is 18.3. The summed E-state index contributed by atoms with van der Waals surface area (Å²) in [6.45, 7) is 0. The minimum Gasteiger partial charge on any atom is -0.274 e. The lowest BCUT2D eigenvalue weighted by molar-refractivity contribution is -0.0754. The number of carbonyl (C=O) groups is 1. The Morgan fingerprint density at radius 3 is 2.69 bits per heavy atom. The maximum atomic E-state index is 12.7. The molecular weight excluding hydrogens is 384 g/mol. The number of nitrogens with zero attached hydrogens (tertiary/aromatic N) is 2. The van der Waals surface area contributed by atoms with E-state index in [4.69, 9.17) is 9.82 Å². The van der Waals surface area contributed by atoms with Gasteiger partial charge in [0, 0.05) is 23.1 Å². The van der Waals surface area contributed by atoms with Crippen molar-refractivity contribution in [3.8, 4) is 21.8 Å². The lowest BCUT2D eigenvalue weighted by Gasteiger charge is -2.16. The van der Waals surface area contributed by atoms with Crippen LogP contribution in [-0.4, -0.2) is 36.4 Å². The highest BCUT2D eigenvalue weighted by Crippen LogP contribution is 2.48. The van der Waals surface area contributed by atoms with Crippen LogP contribution < -0.4 is 0 Å². The van der Waals surface area contributed by atoms with E-state index in [9.17, 15) is 4.79 Å². The van der Waals surface area contributed by atoms with Crippen molar-refractivity contribution < 1.29 is 9.63 Å². The highest BCUT2D eigenvalue weighted by Gasteiger charge is 2.31. The number of hydrogen-bond acceptors (Lipinski definition) is 6. The molecule has 0 bridgehead atoms. The Hall–Kier alpha value is -1.67. The van der Waals surface area contributed by atoms with Gasteiger partial charge in [0.05, 0.1) is 21.9 Å². The van der Waals surface area contributed by atoms with Crippen LogP contribution in [0.25, 0.3) is 21.8 Å². The Balaban J connectivity index is 1.84. The summed E-state index contributed by atoms with van der Waals surface area (Å²) >= 11 is 5.00. The fourth-order valence-corrected chi connectivity index (χ4v) is 6.25. The number of carbonyl (C=O) groups excluding carboxylic acids is 1. The molecule has 1 amide bonds. The van der Waals surface area contributed by atoms with Gasteiger partial charge in [-0.1, -0.05) is 30.3 Å². The first kappa shape index (κ1) is 17.7. The molecule has 4 rings (SSSR count). The van der Waals surface area contributed by atoms with E-state index >= 15 is 0 Å². The van der Waals surface area contributed by atoms with Gasteiger partial charge < -0.3 is 0 Å². The lowest BCUT2D eigenvalue weighted by Crippen LogP contribution is -2.25. The van der Waals surface area contributed by atoms with E-state index in [2.05, 4.69) is 18.4 Å². The van der Waals surface area contributed by atoms with Crippen LogP contribution >= 0.6 is 34.4 Å². The summed E-state index contributed by atoms with van der Waals surface area (Å²) in [4.78, 5) is 24.8. The maximum absolute atomic E-state index is 12.7. The molecule has 4 nitrogen and oxygen atoms in total. The minimum atomic E-state index is -0.0870. The molecule has 0 radical (unpaired) electrons. The van der Waals surface area contributed by atoms with Crippen molar-refractivity contribution >= 4 is 40.3 Å². The number of rotatable bonds is 4. The van der Waals surface area contributed by atoms with Gasteiger partial charge in [-0.3, -0.25) is 9.63 Å². The van der Waals surface area contributed by atoms with Gasteiger partial charge in [0.15, 0.2) is 0 Å². The molecule has 0 N–H and O–H groups in total. The monoisotopic (exact) mass is 402 g/mol. The van der Waals surface area contributed by atoms with Crippen molar-refractivity contribution in [2.45, 2.75) is 17.1 Å². The SMILES string of the molecule is CON(C)C(=O)c1sc(SC)c2c1CCc1sc(-c3ccccc3)nc1-2. The Morgan fingerprint density at radius 2 is 2.00 bits per heavy atom. The highest BCUT2D eigenvalue weighted by molar-refractivity contribution is 8.00. The van der Waals surface area contributed by atoms with Crippen molar-refractivity contribution in [2.75, 3.05) is 20.4 Å². The smallest absolute Gasteiger partial charge is 0.274 e. The largest absolute Gasteiger partial charge is 0.287 e. The van der Waals surface area contributed by atoms with Crippen LogP contribution in [0, 0.1) is 0 Å². The average molecular weight is 403 g/mol. The highest BCUT2D eigenvalue weighted by atomic mass is 32.2. The van der Waals surface area contributed by atoms with E-state index < -0.39 is 0 Å². The van der Waals surface area contributed by atoms with Gasteiger partial charge in [-0.2, -0.15) is 0 Å². The van der Waals surface area contributed by atoms with E-state index in [-0.39, 0.29) is 5.91 Å². The number of fused-ring (bicyclic) bond motifs is 3. The topological polar surface area (TPSA) is 42.4 Å². The van der Waals surface area contributed by atoms with Crippen LogP contribution in [-0.2, 0) is 17.7 Å². The molecule has 1 aromatic carbocycles. The first-order chi connectivity index (χ1) is 12.6. The van der Waals surface area contributed by atoms with Gasteiger partial charge in [-0.25, -0.2) is 10.0 Å². The molecular formula is C19H18N2O2S3. The number of thiophene rings is 1. The summed E-state index contributed by atoms with van der Waals surface area (Å²) in [5.41, 5.74) is 4.46. The summed E-state index contributed by atoms with van der Waals surface area (Å²) in [6.07, 6.45) is 3.85. The molecule has 134 valence electrons. The second-order valence-electron chi connectivity index (χ2n) is 5.92. The molecule has 2 aromatic heterocycles. The second kappa shape index (κ2) is 7.15. The van der Waals surface area contributed by atoms with Crippen LogP contribution in [0.3, 0.4) is 0 Å². The predicted octanol–water partition coefficient (Wildman–Crippen LogP) is 4.99. The number of aryl methyl sites for hydroxylation is 1. The van der Waals surface area contributed by atoms with Gasteiger partial charge in [-0.05, 0) is 24.7 Å². The first-order valence-electron chi connectivity index (χ1n) is 8.21. The van der Waals surface area contributed by atoms with Gasteiger partial charge in [-0.15, -0.1) is 34.4 Å². The van der Waals surface area contributed by atoms with Crippen molar-refractivity contribution in [2.24, 2.45) is 0 Å². The van der Waals surface area contributed by atoms with Crippen LogP contribution in [0.1, 0.15) is 20.1 Å². The third-order valence-corrected chi connectivity index (χ3v) is 7.97. The van der Waals surface area contributed by atoms with Crippen LogP contribution in [0.15, 0.2) is 34.5 Å². The van der Waals surface area contributed by atoms with Gasteiger partial charge >= 0.3 is 0 Å². The lowest BCUT2D eigenvalue weighted by atomic mass is 9.95. The second-order valence-corrected chi connectivity index (χ2v) is 9.10. The number of thiazole rings is 1. The van der Waals surface area contributed by atoms with E-state index in [0.29, 0.717) is 0 Å². The first-order valence-corrected chi connectivity index (χ1v) is 11.1. The Labute approximate surface area is 164 Å². The quantitative estimate of drug-likeness (QED) is 0.455. The maximum Gasteiger partial charge on any atom is 0.287 e. The molecule has 2 heterocycles. The molecule has 0 spiro atoms. The fraction of sp³-hybridized carbons (Fsp3) is 0.263. The molecule has 3 aromatic rings. The molecule has 7 heteroatoms. The number of benzene rings is 1. The van der Waals surface area contributed by atoms with E-state index in [1.807, 2.05) is 18.2 Å². The number of thioether (sulfide) groups is 1. The number of hydroxylamine groups is 2. The van der Waals surface area contributed by atoms with E-state index in [1.54, 1.807) is 41.5 Å². The summed E-state index contributed by atoms with van der Waals surface area (Å²) < 4.78 is 1.15. The molecule has 0 aliphatic heterocycles. The average Bonchev–Trinajstić information content (AvgIpc) is 3.28. The Kier molecular flexibility index (Phi) is 4.88. The molecule has 0 saturated heterocycles. The number of aromatic nitrogens is 1. The summed E-state index contributed by atoms with van der Waals surface area (Å²) in [5, 5.41) is 2.34. The van der Waals surface area contributed by atoms with Gasteiger partial charge in [0.25, 0.3) is 5.91 Å². The minimum absolute atomic E-state index is 0.0870. The fourth-order valence-electron chi connectivity index (χ4n) is 3.12. The zero-order valence-corrected chi connectivity index (χ0v) is 17.2. The van der Waals surface area contributed by atoms with Crippen LogP contribution in [0.5, 0.6) is 0 Å². The summed E-state index contributed by atoms with van der Waals surface area (Å²) in [6, 6.07) is 10.3. The van der Waals surface area contributed by atoms with Crippen molar-refractivity contribution in [1.29, 1.82) is 0 Å². The standard InChI is InChI=1S/C19H18N2O2S3/c1-21(23-2)18(22)16-12-9-10-13-15(14(12)19(24-3)26-16)20-17(25-13)11-7-5-4-6-8-11/h4-8H,9-10H2,1-3H3. The molecule has 26 heavy (non-hydrogen) atoms. The Bertz CT molecular complexity index is 963. The van der Waals surface area contributed by atoms with Crippen LogP contribution in [0.4, 0.5) is 0 Å². The van der Waals surface area contributed by atoms with Crippen molar-refractivity contribution in [1.82, 2.24) is 10.0 Å². The Morgan fingerprint density at radius 1 is 1.23 bits per heavy atom. The third-order valence-electron chi connectivity index (χ3n) is 4.47. The summed E-state index contributed by atoms with van der Waals surface area (Å²) in [5.74, 6) is -0.0870. The van der Waals surface area contributed by atoms with E-state index in [1.165, 1.54) is 17.1 Å². The molecule has 1 aliphatic carbocycles. The number of amides is 1. The van der Waals surface area contributed by atoms with Crippen LogP contribution in [0.2, 0.25) is 0 Å². The zero-order valence-electron chi connectivity index (χ0n) is 14.7. The number of hydrogen-bond donors (Lipinski definition) is 0. The molecule has 0 unspecified atom stereocenters. The predicted molar refractivity (Wildman–Crippen MR) is 109 cm³/mol. The molecule has 0 saturated carbocycles.